The maximum absolute atomic E-state index is 12.7. The van der Waals surface area contributed by atoms with E-state index in [1.54, 1.807) is 0 Å². The third-order valence-electron chi connectivity index (χ3n) is 2.92. The van der Waals surface area contributed by atoms with Gasteiger partial charge in [0.2, 0.25) is 0 Å². The number of Topliss-reactive ketones (excluding diaryl/α,β-unsaturated/α-hetero) is 1. The third-order valence-corrected chi connectivity index (χ3v) is 3.86. The van der Waals surface area contributed by atoms with E-state index in [1.165, 1.54) is 0 Å². The van der Waals surface area contributed by atoms with Crippen molar-refractivity contribution in [2.45, 2.75) is 53.4 Å². The molecule has 0 aromatic heterocycles. The Balaban J connectivity index is 3.21. The Kier molecular flexibility index (Phi) is 4.75. The van der Waals surface area contributed by atoms with Gasteiger partial charge in [-0.15, -0.1) is 0 Å². The van der Waals surface area contributed by atoms with Crippen molar-refractivity contribution < 1.29 is 9.22 Å². The van der Waals surface area contributed by atoms with Crippen molar-refractivity contribution in [3.63, 3.8) is 0 Å². The highest BCUT2D eigenvalue weighted by Crippen LogP contribution is 2.32. The molecule has 1 unspecified atom stereocenters. The van der Waals surface area contributed by atoms with Crippen LogP contribution in [0, 0.1) is 12.3 Å². The summed E-state index contributed by atoms with van der Waals surface area (Å²) in [5.74, 6) is 0.157. The summed E-state index contributed by atoms with van der Waals surface area (Å²) in [5, 5.41) is 0. The molecule has 2 nitrogen and oxygen atoms in total. The Morgan fingerprint density at radius 3 is 2.11 bits per heavy atom. The van der Waals surface area contributed by atoms with Gasteiger partial charge in [-0.3, -0.25) is 4.79 Å². The van der Waals surface area contributed by atoms with Gasteiger partial charge in [0.1, 0.15) is 6.10 Å². The van der Waals surface area contributed by atoms with Gasteiger partial charge in [-0.05, 0) is 37.7 Å². The molecule has 0 radical (unpaired) electrons. The molecule has 0 amide bonds. The lowest BCUT2D eigenvalue weighted by molar-refractivity contribution is -0.134. The Bertz CT molecular complexity index is 453. The quantitative estimate of drug-likeness (QED) is 0.758. The number of hydrogen-bond donors (Lipinski definition) is 0. The van der Waals surface area contributed by atoms with Gasteiger partial charge in [-0.1, -0.05) is 45.0 Å². The number of ketones is 1. The van der Waals surface area contributed by atoms with E-state index in [9.17, 15) is 4.79 Å². The summed E-state index contributed by atoms with van der Waals surface area (Å²) in [6, 6.07) is 8.00. The molecule has 0 heterocycles. The molecule has 19 heavy (non-hydrogen) atoms. The van der Waals surface area contributed by atoms with E-state index >= 15 is 0 Å². The molecule has 0 saturated carbocycles. The van der Waals surface area contributed by atoms with Gasteiger partial charge in [-0.25, -0.2) is 0 Å². The molecular weight excluding hydrogens is 252 g/mol. The van der Waals surface area contributed by atoms with Crippen LogP contribution < -0.4 is 0 Å². The molecule has 1 aromatic carbocycles. The predicted octanol–water partition coefficient (Wildman–Crippen LogP) is 4.50. The Morgan fingerprint density at radius 1 is 1.16 bits per heavy atom. The summed E-state index contributed by atoms with van der Waals surface area (Å²) in [7, 11) is -1.79. The van der Waals surface area contributed by atoms with Gasteiger partial charge in [0.05, 0.1) is 0 Å². The molecule has 0 bridgehead atoms. The van der Waals surface area contributed by atoms with Crippen molar-refractivity contribution in [1.82, 2.24) is 0 Å². The zero-order chi connectivity index (χ0) is 14.8. The van der Waals surface area contributed by atoms with Crippen molar-refractivity contribution in [2.24, 2.45) is 5.41 Å². The second-order valence-corrected chi connectivity index (χ2v) is 11.5. The summed E-state index contributed by atoms with van der Waals surface area (Å²) < 4.78 is 6.18. The minimum Gasteiger partial charge on any atom is -0.404 e. The molecule has 1 aromatic rings. The van der Waals surface area contributed by atoms with Crippen molar-refractivity contribution in [3.05, 3.63) is 35.4 Å². The van der Waals surface area contributed by atoms with E-state index in [1.807, 2.05) is 52.0 Å². The number of carbonyl (C=O) groups excluding carboxylic acids is 1. The zero-order valence-electron chi connectivity index (χ0n) is 13.2. The first-order valence-electron chi connectivity index (χ1n) is 6.80. The van der Waals surface area contributed by atoms with Crippen LogP contribution in [0.2, 0.25) is 19.6 Å². The lowest BCUT2D eigenvalue weighted by atomic mass is 9.84. The van der Waals surface area contributed by atoms with E-state index in [2.05, 4.69) is 19.6 Å². The Morgan fingerprint density at radius 2 is 1.68 bits per heavy atom. The summed E-state index contributed by atoms with van der Waals surface area (Å²) >= 11 is 0. The Labute approximate surface area is 118 Å². The molecule has 0 aliphatic rings. The maximum Gasteiger partial charge on any atom is 0.185 e. The van der Waals surface area contributed by atoms with Crippen molar-refractivity contribution >= 4 is 14.1 Å². The number of benzene rings is 1. The van der Waals surface area contributed by atoms with E-state index in [4.69, 9.17) is 4.43 Å². The SMILES string of the molecule is Cc1ccccc1C(O[Si](C)(C)C)C(=O)C(C)(C)C. The van der Waals surface area contributed by atoms with E-state index < -0.39 is 19.8 Å². The number of rotatable bonds is 4. The Hall–Kier alpha value is -0.933. The smallest absolute Gasteiger partial charge is 0.185 e. The first kappa shape index (κ1) is 16.1. The third kappa shape index (κ3) is 4.59. The zero-order valence-corrected chi connectivity index (χ0v) is 14.2. The molecule has 0 saturated heterocycles. The fourth-order valence-corrected chi connectivity index (χ4v) is 2.83. The molecule has 0 N–H and O–H groups in total. The van der Waals surface area contributed by atoms with Crippen molar-refractivity contribution in [1.29, 1.82) is 0 Å². The number of hydrogen-bond acceptors (Lipinski definition) is 2. The normalized spacial score (nSPS) is 14.3. The largest absolute Gasteiger partial charge is 0.404 e. The molecular formula is C16H26O2Si. The lowest BCUT2D eigenvalue weighted by Crippen LogP contribution is -2.36. The summed E-state index contributed by atoms with van der Waals surface area (Å²) in [6.07, 6.45) is -0.437. The highest BCUT2D eigenvalue weighted by molar-refractivity contribution is 6.69. The second-order valence-electron chi connectivity index (χ2n) is 7.08. The van der Waals surface area contributed by atoms with Crippen LogP contribution >= 0.6 is 0 Å². The molecule has 0 spiro atoms. The summed E-state index contributed by atoms with van der Waals surface area (Å²) in [6.45, 7) is 14.2. The van der Waals surface area contributed by atoms with Gasteiger partial charge in [0, 0.05) is 5.41 Å². The van der Waals surface area contributed by atoms with E-state index in [-0.39, 0.29) is 5.78 Å². The van der Waals surface area contributed by atoms with Gasteiger partial charge in [0.15, 0.2) is 14.1 Å². The maximum atomic E-state index is 12.7. The van der Waals surface area contributed by atoms with Crippen LogP contribution in [0.15, 0.2) is 24.3 Å². The predicted molar refractivity (Wildman–Crippen MR) is 82.8 cm³/mol. The lowest BCUT2D eigenvalue weighted by Gasteiger charge is -2.31. The van der Waals surface area contributed by atoms with E-state index in [0.29, 0.717) is 0 Å². The molecule has 0 fully saturated rings. The van der Waals surface area contributed by atoms with Crippen LogP contribution in [0.4, 0.5) is 0 Å². The van der Waals surface area contributed by atoms with Gasteiger partial charge < -0.3 is 4.43 Å². The fraction of sp³-hybridized carbons (Fsp3) is 0.562. The van der Waals surface area contributed by atoms with Crippen LogP contribution in [0.1, 0.15) is 38.0 Å². The topological polar surface area (TPSA) is 26.3 Å². The van der Waals surface area contributed by atoms with Crippen LogP contribution in [-0.4, -0.2) is 14.1 Å². The number of carbonyl (C=O) groups is 1. The first-order valence-corrected chi connectivity index (χ1v) is 10.2. The van der Waals surface area contributed by atoms with Gasteiger partial charge >= 0.3 is 0 Å². The molecule has 1 rings (SSSR count). The second kappa shape index (κ2) is 5.59. The summed E-state index contributed by atoms with van der Waals surface area (Å²) in [5.41, 5.74) is 1.72. The fourth-order valence-electron chi connectivity index (χ4n) is 1.89. The molecule has 0 aliphatic heterocycles. The van der Waals surface area contributed by atoms with Gasteiger partial charge in [0.25, 0.3) is 0 Å². The van der Waals surface area contributed by atoms with Crippen LogP contribution in [-0.2, 0) is 9.22 Å². The molecule has 0 aliphatic carbocycles. The molecule has 106 valence electrons. The number of aryl methyl sites for hydroxylation is 1. The highest BCUT2D eigenvalue weighted by Gasteiger charge is 2.35. The summed E-state index contributed by atoms with van der Waals surface area (Å²) in [4.78, 5) is 12.7. The van der Waals surface area contributed by atoms with Crippen molar-refractivity contribution in [2.75, 3.05) is 0 Å². The molecule has 1 atom stereocenters. The minimum atomic E-state index is -1.79. The van der Waals surface area contributed by atoms with Crippen LogP contribution in [0.5, 0.6) is 0 Å². The standard InChI is InChI=1S/C16H26O2Si/c1-12-10-8-9-11-13(12)14(18-19(5,6)7)15(17)16(2,3)4/h8-11,14H,1-7H3. The van der Waals surface area contributed by atoms with Gasteiger partial charge in [-0.2, -0.15) is 0 Å². The van der Waals surface area contributed by atoms with Crippen LogP contribution in [0.3, 0.4) is 0 Å². The van der Waals surface area contributed by atoms with Crippen molar-refractivity contribution in [3.8, 4) is 0 Å². The monoisotopic (exact) mass is 278 g/mol. The van der Waals surface area contributed by atoms with Crippen LogP contribution in [0.25, 0.3) is 0 Å². The van der Waals surface area contributed by atoms with E-state index in [0.717, 1.165) is 11.1 Å². The first-order chi connectivity index (χ1) is 8.52. The highest BCUT2D eigenvalue weighted by atomic mass is 28.4. The average molecular weight is 278 g/mol. The average Bonchev–Trinajstić information content (AvgIpc) is 2.23. The minimum absolute atomic E-state index is 0.157. The molecule has 3 heteroatoms.